The molecule has 1 aliphatic rings. The van der Waals surface area contributed by atoms with Crippen LogP contribution in [-0.2, 0) is 15.9 Å². The van der Waals surface area contributed by atoms with E-state index in [2.05, 4.69) is 5.10 Å². The maximum atomic E-state index is 14.9. The van der Waals surface area contributed by atoms with Gasteiger partial charge in [0.05, 0.1) is 23.4 Å². The minimum Gasteiger partial charge on any atom is -0.398 e. The predicted molar refractivity (Wildman–Crippen MR) is 98.8 cm³/mol. The highest BCUT2D eigenvalue weighted by Gasteiger charge is 2.53. The molecule has 1 aromatic heterocycles. The third-order valence-corrected chi connectivity index (χ3v) is 4.92. The minimum atomic E-state index is -1.08. The zero-order valence-corrected chi connectivity index (χ0v) is 15.5. The van der Waals surface area contributed by atoms with Crippen LogP contribution in [0.25, 0.3) is 17.3 Å². The van der Waals surface area contributed by atoms with E-state index < -0.39 is 30.7 Å². The molecule has 0 bridgehead atoms. The highest BCUT2D eigenvalue weighted by atomic mass is 19.1. The number of rotatable bonds is 5. The Kier molecular flexibility index (Phi) is 5.04. The van der Waals surface area contributed by atoms with Crippen LogP contribution in [0.15, 0.2) is 42.3 Å². The molecule has 0 amide bonds. The van der Waals surface area contributed by atoms with Crippen molar-refractivity contribution in [3.8, 4) is 11.3 Å². The Bertz CT molecular complexity index is 787. The molecule has 1 fully saturated rings. The minimum absolute atomic E-state index is 0.117. The van der Waals surface area contributed by atoms with E-state index in [1.807, 2.05) is 58.0 Å². The maximum Gasteiger partial charge on any atom is 0.525 e. The first-order chi connectivity index (χ1) is 12.2. The summed E-state index contributed by atoms with van der Waals surface area (Å²) in [6, 6.07) is 9.41. The number of benzene rings is 1. The summed E-state index contributed by atoms with van der Waals surface area (Å²) in [6.45, 7) is 7.05. The summed E-state index contributed by atoms with van der Waals surface area (Å²) in [4.78, 5) is 0. The van der Waals surface area contributed by atoms with Crippen LogP contribution in [0.4, 0.5) is 8.78 Å². The van der Waals surface area contributed by atoms with Crippen molar-refractivity contribution >= 4 is 13.2 Å². The second-order valence-electron chi connectivity index (χ2n) is 7.37. The van der Waals surface area contributed by atoms with E-state index in [1.165, 1.54) is 10.8 Å². The van der Waals surface area contributed by atoms with E-state index in [4.69, 9.17) is 9.31 Å². The molecule has 1 aliphatic heterocycles. The van der Waals surface area contributed by atoms with Gasteiger partial charge in [0.2, 0.25) is 0 Å². The number of aryl methyl sites for hydroxylation is 1. The zero-order valence-electron chi connectivity index (χ0n) is 15.5. The Balaban J connectivity index is 1.95. The van der Waals surface area contributed by atoms with Crippen LogP contribution in [0, 0.1) is 0 Å². The SMILES string of the molecule is CC1(C)OB(C(F)=Cc2cn(CCF)nc2-c2ccccc2)OC1(C)C. The quantitative estimate of drug-likeness (QED) is 0.739. The topological polar surface area (TPSA) is 36.3 Å². The van der Waals surface area contributed by atoms with Crippen LogP contribution in [0.3, 0.4) is 0 Å². The molecule has 138 valence electrons. The molecular formula is C19H23BF2N2O2. The van der Waals surface area contributed by atoms with Crippen molar-refractivity contribution in [2.45, 2.75) is 45.4 Å². The Labute approximate surface area is 153 Å². The van der Waals surface area contributed by atoms with Crippen LogP contribution in [0.5, 0.6) is 0 Å². The normalized spacial score (nSPS) is 19.2. The molecule has 7 heteroatoms. The predicted octanol–water partition coefficient (Wildman–Crippen LogP) is 4.46. The molecule has 0 N–H and O–H groups in total. The van der Waals surface area contributed by atoms with E-state index in [0.717, 1.165) is 5.56 Å². The zero-order chi connectivity index (χ0) is 18.9. The summed E-state index contributed by atoms with van der Waals surface area (Å²) < 4.78 is 40.6. The van der Waals surface area contributed by atoms with Gasteiger partial charge in [-0.25, -0.2) is 8.78 Å². The summed E-state index contributed by atoms with van der Waals surface area (Å²) in [5.41, 5.74) is 0.189. The second kappa shape index (κ2) is 6.97. The summed E-state index contributed by atoms with van der Waals surface area (Å²) in [7, 11) is -1.08. The van der Waals surface area contributed by atoms with Gasteiger partial charge in [-0.05, 0) is 33.8 Å². The Morgan fingerprint density at radius 1 is 1.15 bits per heavy atom. The van der Waals surface area contributed by atoms with Crippen molar-refractivity contribution < 1.29 is 18.1 Å². The first-order valence-corrected chi connectivity index (χ1v) is 8.65. The van der Waals surface area contributed by atoms with Gasteiger partial charge >= 0.3 is 7.12 Å². The van der Waals surface area contributed by atoms with Gasteiger partial charge in [-0.1, -0.05) is 30.3 Å². The molecule has 0 aliphatic carbocycles. The van der Waals surface area contributed by atoms with Crippen LogP contribution >= 0.6 is 0 Å². The lowest BCUT2D eigenvalue weighted by Gasteiger charge is -2.32. The highest BCUT2D eigenvalue weighted by Crippen LogP contribution is 2.39. The van der Waals surface area contributed by atoms with Crippen molar-refractivity contribution in [2.24, 2.45) is 0 Å². The molecule has 0 spiro atoms. The van der Waals surface area contributed by atoms with Crippen LogP contribution in [0.1, 0.15) is 33.3 Å². The summed E-state index contributed by atoms with van der Waals surface area (Å²) in [5, 5.41) is 4.39. The fraction of sp³-hybridized carbons (Fsp3) is 0.421. The standard InChI is InChI=1S/C19H23BF2N2O2/c1-18(2)19(3,4)26-20(25-18)16(22)12-15-13-24(11-10-21)23-17(15)14-8-6-5-7-9-14/h5-9,12-13H,10-11H2,1-4H3. The van der Waals surface area contributed by atoms with Gasteiger partial charge in [-0.2, -0.15) is 5.10 Å². The molecule has 26 heavy (non-hydrogen) atoms. The molecular weight excluding hydrogens is 337 g/mol. The van der Waals surface area contributed by atoms with Crippen LogP contribution in [0.2, 0.25) is 0 Å². The number of hydrogen-bond acceptors (Lipinski definition) is 3. The van der Waals surface area contributed by atoms with Gasteiger partial charge < -0.3 is 9.31 Å². The summed E-state index contributed by atoms with van der Waals surface area (Å²) in [5.74, 6) is 0. The van der Waals surface area contributed by atoms with Crippen LogP contribution < -0.4 is 0 Å². The first-order valence-electron chi connectivity index (χ1n) is 8.65. The molecule has 4 nitrogen and oxygen atoms in total. The number of hydrogen-bond donors (Lipinski definition) is 0. The number of halogens is 2. The highest BCUT2D eigenvalue weighted by molar-refractivity contribution is 6.54. The average Bonchev–Trinajstić information content (AvgIpc) is 3.06. The van der Waals surface area contributed by atoms with Gasteiger partial charge in [-0.3, -0.25) is 4.68 Å². The van der Waals surface area contributed by atoms with Gasteiger partial charge in [0, 0.05) is 17.3 Å². The first kappa shape index (κ1) is 18.8. The van der Waals surface area contributed by atoms with E-state index in [0.29, 0.717) is 11.3 Å². The van der Waals surface area contributed by atoms with Crippen molar-refractivity contribution in [1.29, 1.82) is 0 Å². The largest absolute Gasteiger partial charge is 0.525 e. The van der Waals surface area contributed by atoms with Gasteiger partial charge in [0.15, 0.2) is 0 Å². The average molecular weight is 360 g/mol. The lowest BCUT2D eigenvalue weighted by molar-refractivity contribution is 0.00578. The third kappa shape index (κ3) is 3.59. The van der Waals surface area contributed by atoms with Gasteiger partial charge in [0.1, 0.15) is 12.4 Å². The van der Waals surface area contributed by atoms with E-state index in [-0.39, 0.29) is 6.54 Å². The van der Waals surface area contributed by atoms with Crippen molar-refractivity contribution in [3.63, 3.8) is 0 Å². The lowest BCUT2D eigenvalue weighted by atomic mass is 9.86. The van der Waals surface area contributed by atoms with Crippen molar-refractivity contribution in [2.75, 3.05) is 6.67 Å². The molecule has 0 unspecified atom stereocenters. The smallest absolute Gasteiger partial charge is 0.398 e. The fourth-order valence-corrected chi connectivity index (χ4v) is 2.74. The molecule has 0 radical (unpaired) electrons. The number of aromatic nitrogens is 2. The number of alkyl halides is 1. The molecule has 2 aromatic rings. The van der Waals surface area contributed by atoms with Gasteiger partial charge in [-0.15, -0.1) is 0 Å². The van der Waals surface area contributed by atoms with Crippen molar-refractivity contribution in [1.82, 2.24) is 9.78 Å². The summed E-state index contributed by atoms with van der Waals surface area (Å²) >= 11 is 0. The Hall–Kier alpha value is -1.99. The molecule has 1 saturated heterocycles. The summed E-state index contributed by atoms with van der Waals surface area (Å²) in [6.07, 6.45) is 2.99. The lowest BCUT2D eigenvalue weighted by Crippen LogP contribution is -2.41. The Morgan fingerprint density at radius 3 is 2.35 bits per heavy atom. The maximum absolute atomic E-state index is 14.9. The van der Waals surface area contributed by atoms with E-state index in [1.54, 1.807) is 6.20 Å². The molecule has 1 aromatic carbocycles. The van der Waals surface area contributed by atoms with Crippen molar-refractivity contribution in [3.05, 3.63) is 47.8 Å². The molecule has 3 rings (SSSR count). The van der Waals surface area contributed by atoms with Gasteiger partial charge in [0.25, 0.3) is 0 Å². The van der Waals surface area contributed by atoms with Crippen LogP contribution in [-0.4, -0.2) is 34.8 Å². The monoisotopic (exact) mass is 360 g/mol. The third-order valence-electron chi connectivity index (χ3n) is 4.92. The molecule has 2 heterocycles. The fourth-order valence-electron chi connectivity index (χ4n) is 2.74. The number of nitrogens with zero attached hydrogens (tertiary/aromatic N) is 2. The van der Waals surface area contributed by atoms with E-state index in [9.17, 15) is 8.78 Å². The molecule has 0 atom stereocenters. The molecule has 0 saturated carbocycles. The van der Waals surface area contributed by atoms with E-state index >= 15 is 0 Å². The Morgan fingerprint density at radius 2 is 1.77 bits per heavy atom. The second-order valence-corrected chi connectivity index (χ2v) is 7.37.